The Morgan fingerprint density at radius 2 is 2.00 bits per heavy atom. The van der Waals surface area contributed by atoms with Gasteiger partial charge in [-0.1, -0.05) is 13.8 Å². The van der Waals surface area contributed by atoms with E-state index in [0.29, 0.717) is 12.1 Å². The van der Waals surface area contributed by atoms with E-state index in [2.05, 4.69) is 62.0 Å². The Labute approximate surface area is 112 Å². The molecule has 0 bridgehead atoms. The molecule has 18 heavy (non-hydrogen) atoms. The number of hydrogen-bond donors (Lipinski definition) is 1. The predicted octanol–water partition coefficient (Wildman–Crippen LogP) is 3.38. The molecule has 0 radical (unpaired) electrons. The summed E-state index contributed by atoms with van der Waals surface area (Å²) < 4.78 is 0. The standard InChI is InChI=1S/C15H27N3/c1-6-10-18(12(3)4)15-11-14(8-9-17-15)13(5)16-7-2/h8-9,11-13,16H,6-7,10H2,1-5H3. The molecule has 0 saturated carbocycles. The molecule has 0 spiro atoms. The van der Waals surface area contributed by atoms with Gasteiger partial charge in [-0.3, -0.25) is 0 Å². The maximum absolute atomic E-state index is 4.52. The van der Waals surface area contributed by atoms with Crippen molar-refractivity contribution in [1.29, 1.82) is 0 Å². The summed E-state index contributed by atoms with van der Waals surface area (Å²) in [5, 5.41) is 3.44. The minimum absolute atomic E-state index is 0.382. The smallest absolute Gasteiger partial charge is 0.129 e. The molecule has 1 heterocycles. The zero-order chi connectivity index (χ0) is 13.5. The lowest BCUT2D eigenvalue weighted by atomic mass is 10.1. The first-order valence-corrected chi connectivity index (χ1v) is 7.06. The van der Waals surface area contributed by atoms with Crippen LogP contribution in [0.25, 0.3) is 0 Å². The molecule has 1 aromatic heterocycles. The molecule has 1 N–H and O–H groups in total. The molecule has 0 fully saturated rings. The second-order valence-electron chi connectivity index (χ2n) is 5.01. The van der Waals surface area contributed by atoms with Crippen LogP contribution in [0.2, 0.25) is 0 Å². The van der Waals surface area contributed by atoms with E-state index in [1.807, 2.05) is 6.20 Å². The Hall–Kier alpha value is -1.09. The van der Waals surface area contributed by atoms with Crippen LogP contribution in [0, 0.1) is 0 Å². The van der Waals surface area contributed by atoms with Gasteiger partial charge < -0.3 is 10.2 Å². The minimum Gasteiger partial charge on any atom is -0.354 e. The minimum atomic E-state index is 0.382. The summed E-state index contributed by atoms with van der Waals surface area (Å²) in [6, 6.07) is 5.18. The summed E-state index contributed by atoms with van der Waals surface area (Å²) in [6.07, 6.45) is 3.07. The van der Waals surface area contributed by atoms with Gasteiger partial charge in [0.2, 0.25) is 0 Å². The fourth-order valence-corrected chi connectivity index (χ4v) is 2.16. The normalized spacial score (nSPS) is 12.8. The van der Waals surface area contributed by atoms with Crippen LogP contribution in [0.1, 0.15) is 52.6 Å². The van der Waals surface area contributed by atoms with Crippen molar-refractivity contribution in [3.05, 3.63) is 23.9 Å². The molecule has 0 amide bonds. The summed E-state index contributed by atoms with van der Waals surface area (Å²) in [5.41, 5.74) is 1.31. The second kappa shape index (κ2) is 7.37. The van der Waals surface area contributed by atoms with E-state index in [-0.39, 0.29) is 0 Å². The SMILES string of the molecule is CCCN(c1cc(C(C)NCC)ccn1)C(C)C. The van der Waals surface area contributed by atoms with Gasteiger partial charge in [-0.2, -0.15) is 0 Å². The monoisotopic (exact) mass is 249 g/mol. The Morgan fingerprint density at radius 3 is 2.56 bits per heavy atom. The zero-order valence-electron chi connectivity index (χ0n) is 12.4. The Morgan fingerprint density at radius 1 is 1.28 bits per heavy atom. The van der Waals surface area contributed by atoms with Crippen molar-refractivity contribution in [3.8, 4) is 0 Å². The van der Waals surface area contributed by atoms with Gasteiger partial charge in [-0.15, -0.1) is 0 Å². The highest BCUT2D eigenvalue weighted by molar-refractivity contribution is 5.42. The fraction of sp³-hybridized carbons (Fsp3) is 0.667. The number of pyridine rings is 1. The van der Waals surface area contributed by atoms with Gasteiger partial charge in [0.25, 0.3) is 0 Å². The average Bonchev–Trinajstić information content (AvgIpc) is 2.36. The van der Waals surface area contributed by atoms with Crippen molar-refractivity contribution in [1.82, 2.24) is 10.3 Å². The lowest BCUT2D eigenvalue weighted by Gasteiger charge is -2.28. The van der Waals surface area contributed by atoms with E-state index in [1.54, 1.807) is 0 Å². The molecule has 0 saturated heterocycles. The van der Waals surface area contributed by atoms with Crippen LogP contribution in [0.4, 0.5) is 5.82 Å². The van der Waals surface area contributed by atoms with Crippen molar-refractivity contribution >= 4 is 5.82 Å². The molecule has 0 aliphatic rings. The van der Waals surface area contributed by atoms with E-state index in [4.69, 9.17) is 0 Å². The average molecular weight is 249 g/mol. The lowest BCUT2D eigenvalue weighted by molar-refractivity contribution is 0.595. The molecular weight excluding hydrogens is 222 g/mol. The number of rotatable bonds is 7. The van der Waals surface area contributed by atoms with E-state index < -0.39 is 0 Å². The summed E-state index contributed by atoms with van der Waals surface area (Å²) in [7, 11) is 0. The first-order chi connectivity index (χ1) is 8.60. The van der Waals surface area contributed by atoms with Crippen LogP contribution < -0.4 is 10.2 Å². The molecule has 0 aromatic carbocycles. The largest absolute Gasteiger partial charge is 0.354 e. The van der Waals surface area contributed by atoms with Crippen LogP contribution in [-0.4, -0.2) is 24.1 Å². The number of nitrogens with one attached hydrogen (secondary N) is 1. The van der Waals surface area contributed by atoms with Gasteiger partial charge in [-0.25, -0.2) is 4.98 Å². The second-order valence-corrected chi connectivity index (χ2v) is 5.01. The maximum Gasteiger partial charge on any atom is 0.129 e. The highest BCUT2D eigenvalue weighted by Gasteiger charge is 2.12. The fourth-order valence-electron chi connectivity index (χ4n) is 2.16. The van der Waals surface area contributed by atoms with Gasteiger partial charge in [0.05, 0.1) is 0 Å². The molecular formula is C15H27N3. The van der Waals surface area contributed by atoms with E-state index >= 15 is 0 Å². The summed E-state index contributed by atoms with van der Waals surface area (Å²) in [4.78, 5) is 6.88. The highest BCUT2D eigenvalue weighted by Crippen LogP contribution is 2.20. The molecule has 102 valence electrons. The van der Waals surface area contributed by atoms with E-state index in [0.717, 1.165) is 25.3 Å². The van der Waals surface area contributed by atoms with Gasteiger partial charge >= 0.3 is 0 Å². The molecule has 1 rings (SSSR count). The van der Waals surface area contributed by atoms with Crippen LogP contribution in [0.3, 0.4) is 0 Å². The van der Waals surface area contributed by atoms with Crippen LogP contribution in [0.5, 0.6) is 0 Å². The third kappa shape index (κ3) is 3.98. The Bertz CT molecular complexity index is 349. The zero-order valence-corrected chi connectivity index (χ0v) is 12.4. The molecule has 0 aliphatic carbocycles. The summed E-state index contributed by atoms with van der Waals surface area (Å²) in [5.74, 6) is 1.09. The van der Waals surface area contributed by atoms with Crippen molar-refractivity contribution in [2.75, 3.05) is 18.0 Å². The van der Waals surface area contributed by atoms with Crippen LogP contribution in [0.15, 0.2) is 18.3 Å². The maximum atomic E-state index is 4.52. The molecule has 3 nitrogen and oxygen atoms in total. The number of nitrogens with zero attached hydrogens (tertiary/aromatic N) is 2. The number of hydrogen-bond acceptors (Lipinski definition) is 3. The quantitative estimate of drug-likeness (QED) is 0.803. The number of aromatic nitrogens is 1. The summed E-state index contributed by atoms with van der Waals surface area (Å²) >= 11 is 0. The molecule has 1 aromatic rings. The van der Waals surface area contributed by atoms with Gasteiger partial charge in [0.1, 0.15) is 5.82 Å². The topological polar surface area (TPSA) is 28.2 Å². The molecule has 1 atom stereocenters. The van der Waals surface area contributed by atoms with E-state index in [1.165, 1.54) is 5.56 Å². The van der Waals surface area contributed by atoms with Crippen LogP contribution >= 0.6 is 0 Å². The Balaban J connectivity index is 2.91. The highest BCUT2D eigenvalue weighted by atomic mass is 15.2. The van der Waals surface area contributed by atoms with E-state index in [9.17, 15) is 0 Å². The van der Waals surface area contributed by atoms with Crippen molar-refractivity contribution in [2.24, 2.45) is 0 Å². The molecule has 3 heteroatoms. The van der Waals surface area contributed by atoms with Crippen molar-refractivity contribution in [3.63, 3.8) is 0 Å². The number of anilines is 1. The van der Waals surface area contributed by atoms with Gasteiger partial charge in [0, 0.05) is 24.8 Å². The van der Waals surface area contributed by atoms with Gasteiger partial charge in [-0.05, 0) is 51.4 Å². The third-order valence-corrected chi connectivity index (χ3v) is 3.16. The first-order valence-electron chi connectivity index (χ1n) is 7.06. The van der Waals surface area contributed by atoms with Crippen molar-refractivity contribution in [2.45, 2.75) is 53.1 Å². The molecule has 0 aliphatic heterocycles. The lowest BCUT2D eigenvalue weighted by Crippen LogP contribution is -2.32. The van der Waals surface area contributed by atoms with Gasteiger partial charge in [0.15, 0.2) is 0 Å². The first kappa shape index (κ1) is 15.0. The van der Waals surface area contributed by atoms with Crippen molar-refractivity contribution < 1.29 is 0 Å². The Kier molecular flexibility index (Phi) is 6.13. The van der Waals surface area contributed by atoms with Crippen LogP contribution in [-0.2, 0) is 0 Å². The third-order valence-electron chi connectivity index (χ3n) is 3.16. The molecule has 1 unspecified atom stereocenters. The predicted molar refractivity (Wildman–Crippen MR) is 79.1 cm³/mol. The summed E-state index contributed by atoms with van der Waals surface area (Å²) in [6.45, 7) is 13.0.